The average Bonchev–Trinajstić information content (AvgIpc) is 3.73. The molecular formula is C20H25N9O12P2. The highest BCUT2D eigenvalue weighted by Crippen LogP contribution is 2.50. The minimum Gasteiger partial charge on any atom is -0.387 e. The number of fused-ring (bicyclic) bond motifs is 2. The number of phosphoric ester groups is 2. The average molecular weight is 645 g/mol. The van der Waals surface area contributed by atoms with Crippen LogP contribution in [-0.2, 0) is 32.2 Å². The number of anilines is 1. The zero-order valence-electron chi connectivity index (χ0n) is 21.8. The van der Waals surface area contributed by atoms with Gasteiger partial charge in [0.2, 0.25) is 0 Å². The van der Waals surface area contributed by atoms with Crippen molar-refractivity contribution in [2.75, 3.05) is 18.9 Å². The highest BCUT2D eigenvalue weighted by Gasteiger charge is 2.50. The van der Waals surface area contributed by atoms with E-state index < -0.39 is 64.7 Å². The molecule has 2 saturated heterocycles. The lowest BCUT2D eigenvalue weighted by atomic mass is 10.1. The fourth-order valence-electron chi connectivity index (χ4n) is 4.87. The van der Waals surface area contributed by atoms with Crippen LogP contribution in [0.2, 0.25) is 0 Å². The van der Waals surface area contributed by atoms with Crippen LogP contribution in [0.15, 0.2) is 30.1 Å². The first-order valence-electron chi connectivity index (χ1n) is 12.6. The standard InChI is InChI=1S/C20H25N9O12P2/c21-16-12-17(23-5-22-16)29(8-26-12)20-15(14(30)10(40-20)4-37-42(32,33)34)41-43(35,36)38-3-9-1-2-11(39-9)28-7-27-13-18(28)24-6-25-19(13)31/h5-11,14-15,20,30H,1-4H2,(H,35,36)(H2,21,22,23)(H,24,25,31)(H2,32,33,34)/t9?,10?,11?,14-,15-,20?/m1/s1. The van der Waals surface area contributed by atoms with Crippen LogP contribution in [-0.4, -0.2) is 96.5 Å². The number of nitrogen functional groups attached to an aromatic ring is 1. The van der Waals surface area contributed by atoms with Gasteiger partial charge in [0, 0.05) is 0 Å². The van der Waals surface area contributed by atoms with Crippen molar-refractivity contribution < 1.29 is 52.0 Å². The van der Waals surface area contributed by atoms with E-state index in [0.717, 1.165) is 6.33 Å². The van der Waals surface area contributed by atoms with Crippen LogP contribution >= 0.6 is 15.6 Å². The predicted molar refractivity (Wildman–Crippen MR) is 140 cm³/mol. The van der Waals surface area contributed by atoms with Crippen molar-refractivity contribution in [2.24, 2.45) is 0 Å². The summed E-state index contributed by atoms with van der Waals surface area (Å²) in [6.45, 7) is -1.18. The van der Waals surface area contributed by atoms with Crippen LogP contribution in [0, 0.1) is 0 Å². The van der Waals surface area contributed by atoms with Gasteiger partial charge in [-0.15, -0.1) is 0 Å². The number of ether oxygens (including phenoxy) is 2. The highest BCUT2D eigenvalue weighted by atomic mass is 31.2. The summed E-state index contributed by atoms with van der Waals surface area (Å²) in [4.78, 5) is 63.3. The van der Waals surface area contributed by atoms with Gasteiger partial charge in [0.15, 0.2) is 28.9 Å². The van der Waals surface area contributed by atoms with Crippen LogP contribution in [0.5, 0.6) is 0 Å². The molecule has 0 saturated carbocycles. The Bertz CT molecular complexity index is 1790. The first-order chi connectivity index (χ1) is 20.4. The number of nitrogens with two attached hydrogens (primary N) is 1. The highest BCUT2D eigenvalue weighted by molar-refractivity contribution is 7.47. The maximum atomic E-state index is 13.1. The number of aliphatic hydroxyl groups is 1. The minimum atomic E-state index is -4.95. The fourth-order valence-corrected chi connectivity index (χ4v) is 6.16. The number of hydrogen-bond acceptors (Lipinski definition) is 15. The van der Waals surface area contributed by atoms with Crippen LogP contribution in [0.1, 0.15) is 25.3 Å². The number of phosphoric acid groups is 2. The lowest BCUT2D eigenvalue weighted by molar-refractivity contribution is -0.0536. The van der Waals surface area contributed by atoms with Gasteiger partial charge in [-0.1, -0.05) is 0 Å². The van der Waals surface area contributed by atoms with Crippen molar-refractivity contribution in [2.45, 2.75) is 49.7 Å². The van der Waals surface area contributed by atoms with E-state index in [1.165, 1.54) is 23.5 Å². The number of H-pyrrole nitrogens is 1. The van der Waals surface area contributed by atoms with Gasteiger partial charge in [0.05, 0.1) is 38.3 Å². The van der Waals surface area contributed by atoms with E-state index in [1.807, 2.05) is 0 Å². The molecule has 5 unspecified atom stereocenters. The zero-order chi connectivity index (χ0) is 30.5. The zero-order valence-corrected chi connectivity index (χ0v) is 23.5. The monoisotopic (exact) mass is 645 g/mol. The Morgan fingerprint density at radius 3 is 2.51 bits per heavy atom. The van der Waals surface area contributed by atoms with Crippen molar-refractivity contribution in [3.63, 3.8) is 0 Å². The molecule has 2 fully saturated rings. The molecule has 232 valence electrons. The molecule has 2 aliphatic rings. The van der Waals surface area contributed by atoms with E-state index in [4.69, 9.17) is 34.0 Å². The van der Waals surface area contributed by atoms with Crippen LogP contribution in [0.3, 0.4) is 0 Å². The Balaban J connectivity index is 1.16. The number of aromatic amines is 1. The molecule has 4 aromatic rings. The third-order valence-electron chi connectivity index (χ3n) is 6.82. The molecule has 43 heavy (non-hydrogen) atoms. The van der Waals surface area contributed by atoms with Crippen LogP contribution < -0.4 is 11.3 Å². The Labute approximate surface area is 239 Å². The quantitative estimate of drug-likeness (QED) is 0.114. The van der Waals surface area contributed by atoms with Gasteiger partial charge in [-0.3, -0.25) is 27.5 Å². The van der Waals surface area contributed by atoms with Crippen molar-refractivity contribution in [3.05, 3.63) is 35.7 Å². The SMILES string of the molecule is Nc1ncnc2c1ncn2C1OC(COP(=O)(O)O)[C@@H](O)[C@H]1OP(=O)(O)OCC1CCC(n2cnc3c(=O)[nH]cnc32)O1. The van der Waals surface area contributed by atoms with Crippen molar-refractivity contribution in [1.29, 1.82) is 0 Å². The molecule has 7 N–H and O–H groups in total. The smallest absolute Gasteiger partial charge is 0.387 e. The summed E-state index contributed by atoms with van der Waals surface area (Å²) in [7, 11) is -9.88. The van der Waals surface area contributed by atoms with Gasteiger partial charge in [-0.25, -0.2) is 34.0 Å². The van der Waals surface area contributed by atoms with Gasteiger partial charge in [0.25, 0.3) is 5.56 Å². The molecule has 0 aliphatic carbocycles. The second kappa shape index (κ2) is 11.4. The van der Waals surface area contributed by atoms with Gasteiger partial charge < -0.3 is 40.0 Å². The Kier molecular flexibility index (Phi) is 7.90. The van der Waals surface area contributed by atoms with E-state index in [0.29, 0.717) is 18.5 Å². The lowest BCUT2D eigenvalue weighted by Gasteiger charge is -2.24. The maximum Gasteiger partial charge on any atom is 0.472 e. The normalized spacial score (nSPS) is 27.7. The summed E-state index contributed by atoms with van der Waals surface area (Å²) < 4.78 is 53.7. The summed E-state index contributed by atoms with van der Waals surface area (Å²) >= 11 is 0. The Hall–Kier alpha value is -3.20. The van der Waals surface area contributed by atoms with Crippen LogP contribution in [0.25, 0.3) is 22.3 Å². The number of rotatable bonds is 10. The summed E-state index contributed by atoms with van der Waals surface area (Å²) in [5.74, 6) is 0.0263. The van der Waals surface area contributed by atoms with Crippen molar-refractivity contribution in [3.8, 4) is 0 Å². The number of nitrogens with zero attached hydrogens (tertiary/aromatic N) is 7. The molecule has 0 spiro atoms. The molecule has 6 rings (SSSR count). The number of aromatic nitrogens is 8. The predicted octanol–water partition coefficient (Wildman–Crippen LogP) is -0.911. The van der Waals surface area contributed by atoms with Gasteiger partial charge >= 0.3 is 15.6 Å². The van der Waals surface area contributed by atoms with E-state index in [-0.39, 0.29) is 29.1 Å². The van der Waals surface area contributed by atoms with E-state index in [1.54, 1.807) is 4.57 Å². The Morgan fingerprint density at radius 1 is 0.977 bits per heavy atom. The first kappa shape index (κ1) is 29.9. The second-order valence-electron chi connectivity index (χ2n) is 9.61. The van der Waals surface area contributed by atoms with Crippen molar-refractivity contribution >= 4 is 43.8 Å². The molecule has 0 aromatic carbocycles. The number of hydrogen-bond donors (Lipinski definition) is 6. The number of nitrogens with one attached hydrogen (secondary N) is 1. The first-order valence-corrected chi connectivity index (χ1v) is 15.6. The molecule has 7 atom stereocenters. The Morgan fingerprint density at radius 2 is 1.72 bits per heavy atom. The molecule has 0 bridgehead atoms. The number of aliphatic hydroxyl groups excluding tert-OH is 1. The molecule has 23 heteroatoms. The third-order valence-corrected chi connectivity index (χ3v) is 8.29. The van der Waals surface area contributed by atoms with E-state index >= 15 is 0 Å². The molecule has 0 radical (unpaired) electrons. The summed E-state index contributed by atoms with van der Waals surface area (Å²) in [5.41, 5.74) is 6.15. The summed E-state index contributed by atoms with van der Waals surface area (Å²) in [5, 5.41) is 10.9. The van der Waals surface area contributed by atoms with E-state index in [9.17, 15) is 23.9 Å². The topological polar surface area (TPSA) is 294 Å². The van der Waals surface area contributed by atoms with Gasteiger partial charge in [-0.05, 0) is 12.8 Å². The van der Waals surface area contributed by atoms with Crippen molar-refractivity contribution in [1.82, 2.24) is 39.0 Å². The molecule has 2 aliphatic heterocycles. The van der Waals surface area contributed by atoms with Crippen LogP contribution in [0.4, 0.5) is 5.82 Å². The largest absolute Gasteiger partial charge is 0.472 e. The van der Waals surface area contributed by atoms with Gasteiger partial charge in [-0.2, -0.15) is 0 Å². The molecule has 0 amide bonds. The number of imidazole rings is 2. The maximum absolute atomic E-state index is 13.1. The van der Waals surface area contributed by atoms with Gasteiger partial charge in [0.1, 0.15) is 36.4 Å². The lowest BCUT2D eigenvalue weighted by Crippen LogP contribution is -2.35. The third kappa shape index (κ3) is 6.10. The second-order valence-corrected chi connectivity index (χ2v) is 12.3. The minimum absolute atomic E-state index is 0.0263. The fraction of sp³-hybridized carbons (Fsp3) is 0.500. The summed E-state index contributed by atoms with van der Waals surface area (Å²) in [6.07, 6.45) is -1.51. The molecule has 6 heterocycles. The summed E-state index contributed by atoms with van der Waals surface area (Å²) in [6, 6.07) is 0. The van der Waals surface area contributed by atoms with E-state index in [2.05, 4.69) is 34.4 Å². The molecule has 4 aromatic heterocycles. The molecular weight excluding hydrogens is 620 g/mol. The molecule has 21 nitrogen and oxygen atoms in total.